The molecule has 0 aliphatic carbocycles. The maximum Gasteiger partial charge on any atom is 0.331 e. The first-order valence-electron chi connectivity index (χ1n) is 4.72. The quantitative estimate of drug-likeness (QED) is 0.508. The Bertz CT molecular complexity index is 841. The van der Waals surface area contributed by atoms with Crippen molar-refractivity contribution in [3.63, 3.8) is 0 Å². The van der Waals surface area contributed by atoms with Crippen molar-refractivity contribution in [1.82, 2.24) is 0 Å². The second-order valence-corrected chi connectivity index (χ2v) is 8.53. The van der Waals surface area contributed by atoms with E-state index in [0.717, 1.165) is 14.2 Å². The van der Waals surface area contributed by atoms with Gasteiger partial charge in [0.15, 0.2) is 14.9 Å². The van der Waals surface area contributed by atoms with Gasteiger partial charge in [0.1, 0.15) is 0 Å². The molecule has 0 aromatic carbocycles. The van der Waals surface area contributed by atoms with Crippen LogP contribution in [0.25, 0.3) is 0 Å². The Hall–Kier alpha value is -0.640. The van der Waals surface area contributed by atoms with Crippen molar-refractivity contribution < 1.29 is 42.2 Å². The van der Waals surface area contributed by atoms with Gasteiger partial charge in [0.05, 0.1) is 21.3 Å². The van der Waals surface area contributed by atoms with E-state index in [1.165, 1.54) is 0 Å². The zero-order chi connectivity index (χ0) is 16.6. The molecule has 0 fully saturated rings. The molecule has 0 bridgehead atoms. The summed E-state index contributed by atoms with van der Waals surface area (Å²) in [5.41, 5.74) is 0. The van der Waals surface area contributed by atoms with Crippen molar-refractivity contribution in [3.8, 4) is 0 Å². The Morgan fingerprint density at radius 2 is 1.14 bits per heavy atom. The van der Waals surface area contributed by atoms with E-state index in [0.29, 0.717) is 7.11 Å². The van der Waals surface area contributed by atoms with Gasteiger partial charge in [0, 0.05) is 0 Å². The lowest BCUT2D eigenvalue weighted by atomic mass is 10.6. The molecule has 0 atom stereocenters. The summed E-state index contributed by atoms with van der Waals surface area (Å²) in [5, 5.41) is -2.10. The molecule has 0 N–H and O–H groups in total. The van der Waals surface area contributed by atoms with Gasteiger partial charge in [-0.05, 0) is 0 Å². The maximum absolute atomic E-state index is 11.8. The van der Waals surface area contributed by atoms with E-state index in [2.05, 4.69) is 29.6 Å². The van der Waals surface area contributed by atoms with Gasteiger partial charge in [-0.3, -0.25) is 12.5 Å². The van der Waals surface area contributed by atoms with Gasteiger partial charge in [-0.25, -0.2) is 0 Å². The van der Waals surface area contributed by atoms with Crippen LogP contribution in [0.5, 0.6) is 0 Å². The molecule has 1 aromatic rings. The summed E-state index contributed by atoms with van der Waals surface area (Å²) in [6.45, 7) is 0. The van der Waals surface area contributed by atoms with E-state index in [1.54, 1.807) is 0 Å². The lowest BCUT2D eigenvalue weighted by molar-refractivity contribution is 0.322. The first-order valence-corrected chi connectivity index (χ1v) is 9.39. The lowest BCUT2D eigenvalue weighted by Gasteiger charge is -2.05. The van der Waals surface area contributed by atoms with Crippen molar-refractivity contribution in [3.05, 3.63) is 0 Å². The minimum atomic E-state index is -4.79. The van der Waals surface area contributed by atoms with Crippen LogP contribution in [0.4, 0.5) is 0 Å². The Balaban J connectivity index is 4.04. The Morgan fingerprint density at radius 1 is 0.762 bits per heavy atom. The topological polar surface area (TPSA) is 143 Å². The molecule has 0 aliphatic heterocycles. The Labute approximate surface area is 126 Å². The smallest absolute Gasteiger partial charge is 0.331 e. The largest absolute Gasteiger partial charge is 0.433 e. The van der Waals surface area contributed by atoms with Crippen LogP contribution in [0, 0.1) is 0 Å². The van der Waals surface area contributed by atoms with Gasteiger partial charge < -0.3 is 4.42 Å². The van der Waals surface area contributed by atoms with Crippen LogP contribution in [0.15, 0.2) is 24.4 Å². The lowest BCUT2D eigenvalue weighted by Crippen LogP contribution is -2.14. The molecule has 0 saturated carbocycles. The second-order valence-electron chi connectivity index (χ2n) is 3.22. The van der Waals surface area contributed by atoms with Gasteiger partial charge in [-0.2, -0.15) is 25.3 Å². The second kappa shape index (κ2) is 5.86. The molecule has 0 unspecified atom stereocenters. The van der Waals surface area contributed by atoms with Crippen molar-refractivity contribution >= 4 is 43.0 Å². The number of hydrogen-bond donors (Lipinski definition) is 1. The maximum atomic E-state index is 11.8. The van der Waals surface area contributed by atoms with Gasteiger partial charge in [0.2, 0.25) is 0 Å². The van der Waals surface area contributed by atoms with Crippen molar-refractivity contribution in [2.24, 2.45) is 0 Å². The number of rotatable bonds is 6. The molecule has 0 spiro atoms. The Morgan fingerprint density at radius 3 is 1.52 bits per heavy atom. The molecule has 0 amide bonds. The van der Waals surface area contributed by atoms with Crippen LogP contribution in [0.2, 0.25) is 0 Å². The molecule has 14 heteroatoms. The fourth-order valence-electron chi connectivity index (χ4n) is 1.21. The van der Waals surface area contributed by atoms with E-state index in [-0.39, 0.29) is 0 Å². The molecule has 0 saturated heterocycles. The number of thiol groups is 1. The van der Waals surface area contributed by atoms with E-state index < -0.39 is 50.3 Å². The van der Waals surface area contributed by atoms with Crippen LogP contribution in [0.3, 0.4) is 0 Å². The highest BCUT2D eigenvalue weighted by Crippen LogP contribution is 2.38. The summed E-state index contributed by atoms with van der Waals surface area (Å²) >= 11 is 3.61. The minimum Gasteiger partial charge on any atom is -0.433 e. The zero-order valence-corrected chi connectivity index (χ0v) is 14.1. The molecule has 10 nitrogen and oxygen atoms in total. The third-order valence-corrected chi connectivity index (χ3v) is 6.72. The molecular weight excluding hydrogens is 372 g/mol. The van der Waals surface area contributed by atoms with E-state index in [4.69, 9.17) is 0 Å². The highest BCUT2D eigenvalue weighted by molar-refractivity contribution is 7.92. The predicted molar refractivity (Wildman–Crippen MR) is 68.5 cm³/mol. The summed E-state index contributed by atoms with van der Waals surface area (Å²) < 4.78 is 87.5. The highest BCUT2D eigenvalue weighted by Gasteiger charge is 2.42. The van der Waals surface area contributed by atoms with Gasteiger partial charge in [-0.15, -0.1) is 12.6 Å². The number of hydrogen-bond acceptors (Lipinski definition) is 11. The van der Waals surface area contributed by atoms with Crippen molar-refractivity contribution in [2.45, 2.75) is 20.0 Å². The predicted octanol–water partition coefficient (Wildman–Crippen LogP) is -0.426. The third-order valence-electron chi connectivity index (χ3n) is 2.16. The summed E-state index contributed by atoms with van der Waals surface area (Å²) in [7, 11) is -12.0. The van der Waals surface area contributed by atoms with Crippen molar-refractivity contribution in [2.75, 3.05) is 21.3 Å². The summed E-state index contributed by atoms with van der Waals surface area (Å²) in [4.78, 5) is -2.38. The van der Waals surface area contributed by atoms with Gasteiger partial charge in [-0.1, -0.05) is 0 Å². The van der Waals surface area contributed by atoms with E-state index in [1.807, 2.05) is 0 Å². The number of furan rings is 1. The van der Waals surface area contributed by atoms with Crippen LogP contribution in [0.1, 0.15) is 0 Å². The average Bonchev–Trinajstić information content (AvgIpc) is 2.78. The van der Waals surface area contributed by atoms with Gasteiger partial charge >= 0.3 is 30.4 Å². The molecule has 21 heavy (non-hydrogen) atoms. The third kappa shape index (κ3) is 3.25. The SMILES string of the molecule is COS(=O)(=O)c1oc(S)c(S(=O)(=O)OC)c1S(=O)(=O)OC. The standard InChI is InChI=1S/C7H10O10S4/c1-14-19(8,9)4-5(20(10,11)15-2)7(17-6(4)18)21(12,13)16-3/h18H,1-3H3. The summed E-state index contributed by atoms with van der Waals surface area (Å²) in [6.07, 6.45) is 0. The van der Waals surface area contributed by atoms with E-state index in [9.17, 15) is 25.3 Å². The summed E-state index contributed by atoms with van der Waals surface area (Å²) in [5.74, 6) is 0. The molecule has 0 radical (unpaired) electrons. The molecule has 1 heterocycles. The molecule has 122 valence electrons. The van der Waals surface area contributed by atoms with Crippen LogP contribution in [-0.4, -0.2) is 46.6 Å². The van der Waals surface area contributed by atoms with Gasteiger partial charge in [0.25, 0.3) is 5.09 Å². The first-order chi connectivity index (χ1) is 9.44. The molecular formula is C7H10O10S4. The van der Waals surface area contributed by atoms with Crippen LogP contribution >= 0.6 is 12.6 Å². The fourth-order valence-corrected chi connectivity index (χ4v) is 5.32. The summed E-state index contributed by atoms with van der Waals surface area (Å²) in [6, 6.07) is 0. The highest BCUT2D eigenvalue weighted by atomic mass is 32.2. The van der Waals surface area contributed by atoms with E-state index >= 15 is 0 Å². The average molecular weight is 382 g/mol. The fraction of sp³-hybridized carbons (Fsp3) is 0.429. The monoisotopic (exact) mass is 382 g/mol. The molecule has 1 rings (SSSR count). The molecule has 1 aromatic heterocycles. The zero-order valence-electron chi connectivity index (χ0n) is 10.8. The normalized spacial score (nSPS) is 13.5. The molecule has 0 aliphatic rings. The van der Waals surface area contributed by atoms with Crippen LogP contribution < -0.4 is 0 Å². The first kappa shape index (κ1) is 18.4. The van der Waals surface area contributed by atoms with Crippen molar-refractivity contribution in [1.29, 1.82) is 0 Å². The minimum absolute atomic E-state index is 0.701. The van der Waals surface area contributed by atoms with Crippen LogP contribution in [-0.2, 0) is 42.9 Å². The Kier molecular flexibility index (Phi) is 5.14.